The Hall–Kier alpha value is -1.75. The van der Waals surface area contributed by atoms with Crippen molar-refractivity contribution >= 4 is 0 Å². The summed E-state index contributed by atoms with van der Waals surface area (Å²) in [6, 6.07) is 2.26. The predicted molar refractivity (Wildman–Crippen MR) is 73.0 cm³/mol. The summed E-state index contributed by atoms with van der Waals surface area (Å²) in [5.41, 5.74) is 2.91. The number of rotatable bonds is 3. The number of nitrogens with zero attached hydrogens (tertiary/aromatic N) is 1. The van der Waals surface area contributed by atoms with Crippen molar-refractivity contribution in [3.63, 3.8) is 0 Å². The lowest BCUT2D eigenvalue weighted by atomic mass is 9.73. The largest absolute Gasteiger partial charge is 0.497 e. The predicted octanol–water partition coefficient (Wildman–Crippen LogP) is 3.00. The lowest BCUT2D eigenvalue weighted by molar-refractivity contribution is -0.0186. The summed E-state index contributed by atoms with van der Waals surface area (Å²) in [4.78, 5) is 0. The number of hydrogen-bond acceptors (Lipinski definition) is 3. The van der Waals surface area contributed by atoms with Crippen molar-refractivity contribution < 1.29 is 9.84 Å². The van der Waals surface area contributed by atoms with Gasteiger partial charge in [-0.25, -0.2) is 0 Å². The van der Waals surface area contributed by atoms with E-state index in [4.69, 9.17) is 4.74 Å². The molecule has 1 saturated carbocycles. The Balaban J connectivity index is 2.25. The molecule has 100 valence electrons. The van der Waals surface area contributed by atoms with Crippen molar-refractivity contribution in [1.82, 2.24) is 0 Å². The molecule has 2 rings (SSSR count). The molecule has 0 spiro atoms. The van der Waals surface area contributed by atoms with E-state index in [1.165, 1.54) is 0 Å². The maximum Gasteiger partial charge on any atom is 0.119 e. The van der Waals surface area contributed by atoms with Gasteiger partial charge in [0, 0.05) is 5.57 Å². The van der Waals surface area contributed by atoms with Gasteiger partial charge in [0.2, 0.25) is 0 Å². The molecule has 1 fully saturated rings. The van der Waals surface area contributed by atoms with Crippen LogP contribution < -0.4 is 0 Å². The highest BCUT2D eigenvalue weighted by Gasteiger charge is 2.39. The van der Waals surface area contributed by atoms with Crippen LogP contribution in [0.25, 0.3) is 0 Å². The van der Waals surface area contributed by atoms with Crippen LogP contribution in [0, 0.1) is 17.2 Å². The zero-order valence-corrected chi connectivity index (χ0v) is 11.2. The molecular formula is C16H19NO2. The number of nitriles is 1. The van der Waals surface area contributed by atoms with Crippen molar-refractivity contribution in [2.75, 3.05) is 7.11 Å². The van der Waals surface area contributed by atoms with E-state index in [0.717, 1.165) is 30.6 Å². The average molecular weight is 257 g/mol. The highest BCUT2D eigenvalue weighted by Crippen LogP contribution is 2.38. The molecule has 0 aromatic heterocycles. The van der Waals surface area contributed by atoms with E-state index in [9.17, 15) is 10.4 Å². The molecule has 2 aliphatic rings. The summed E-state index contributed by atoms with van der Waals surface area (Å²) in [5.74, 6) is 0.194. The Morgan fingerprint density at radius 3 is 2.74 bits per heavy atom. The topological polar surface area (TPSA) is 53.2 Å². The fourth-order valence-corrected chi connectivity index (χ4v) is 2.74. The Kier molecular flexibility index (Phi) is 4.27. The molecule has 0 aromatic carbocycles. The fraction of sp³-hybridized carbons (Fsp3) is 0.500. The quantitative estimate of drug-likeness (QED) is 0.791. The molecule has 0 amide bonds. The molecule has 1 unspecified atom stereocenters. The van der Waals surface area contributed by atoms with Gasteiger partial charge in [0.1, 0.15) is 11.7 Å². The molecule has 0 radical (unpaired) electrons. The van der Waals surface area contributed by atoms with Crippen LogP contribution >= 0.6 is 0 Å². The Labute approximate surface area is 114 Å². The van der Waals surface area contributed by atoms with E-state index in [-0.39, 0.29) is 0 Å². The standard InChI is InChI=1S/C16H19NO2/c1-19-14-7-5-6-13(8-9-14)15(12-17)16(18)10-3-2-4-11-16/h5,7-9,15,18H,2-4,10-11H2,1H3. The number of allylic oxidation sites excluding steroid dienone is 3. The van der Waals surface area contributed by atoms with Crippen molar-refractivity contribution in [3.8, 4) is 6.07 Å². The summed E-state index contributed by atoms with van der Waals surface area (Å²) in [6.07, 6.45) is 11.6. The first-order valence-corrected chi connectivity index (χ1v) is 6.70. The maximum atomic E-state index is 10.7. The Bertz CT molecular complexity index is 495. The van der Waals surface area contributed by atoms with E-state index in [2.05, 4.69) is 11.8 Å². The SMILES string of the molecule is COC1=CC=C=C(C(C#N)C2(O)CCCCC2)C=C1. The molecule has 0 bridgehead atoms. The van der Waals surface area contributed by atoms with Gasteiger partial charge >= 0.3 is 0 Å². The first kappa shape index (κ1) is 13.7. The highest BCUT2D eigenvalue weighted by molar-refractivity contribution is 5.37. The van der Waals surface area contributed by atoms with Crippen molar-refractivity contribution in [1.29, 1.82) is 5.26 Å². The van der Waals surface area contributed by atoms with Gasteiger partial charge in [0.05, 0.1) is 18.8 Å². The van der Waals surface area contributed by atoms with Gasteiger partial charge in [-0.05, 0) is 37.1 Å². The van der Waals surface area contributed by atoms with Gasteiger partial charge in [0.25, 0.3) is 0 Å². The van der Waals surface area contributed by atoms with Crippen LogP contribution in [0.5, 0.6) is 0 Å². The van der Waals surface area contributed by atoms with E-state index in [0.29, 0.717) is 12.8 Å². The first-order valence-electron chi connectivity index (χ1n) is 6.70. The van der Waals surface area contributed by atoms with E-state index in [1.54, 1.807) is 19.3 Å². The monoisotopic (exact) mass is 257 g/mol. The number of ether oxygens (including phenoxy) is 1. The van der Waals surface area contributed by atoms with Crippen LogP contribution in [0.2, 0.25) is 0 Å². The van der Waals surface area contributed by atoms with E-state index < -0.39 is 11.5 Å². The Morgan fingerprint density at radius 1 is 1.37 bits per heavy atom. The summed E-state index contributed by atoms with van der Waals surface area (Å²) >= 11 is 0. The third-order valence-corrected chi connectivity index (χ3v) is 3.86. The molecule has 0 heterocycles. The van der Waals surface area contributed by atoms with Crippen molar-refractivity contribution in [3.05, 3.63) is 41.4 Å². The molecule has 0 aliphatic heterocycles. The van der Waals surface area contributed by atoms with Gasteiger partial charge in [-0.15, -0.1) is 5.73 Å². The summed E-state index contributed by atoms with van der Waals surface area (Å²) in [7, 11) is 1.60. The normalized spacial score (nSPS) is 22.8. The van der Waals surface area contributed by atoms with Crippen molar-refractivity contribution in [2.24, 2.45) is 5.92 Å². The lowest BCUT2D eigenvalue weighted by Crippen LogP contribution is -2.39. The molecule has 3 nitrogen and oxygen atoms in total. The van der Waals surface area contributed by atoms with Crippen LogP contribution in [0.1, 0.15) is 32.1 Å². The number of hydrogen-bond donors (Lipinski definition) is 1. The first-order chi connectivity index (χ1) is 9.19. The zero-order valence-electron chi connectivity index (χ0n) is 11.2. The minimum absolute atomic E-state index is 0.523. The smallest absolute Gasteiger partial charge is 0.119 e. The van der Waals surface area contributed by atoms with Crippen LogP contribution in [-0.4, -0.2) is 17.8 Å². The van der Waals surface area contributed by atoms with E-state index in [1.807, 2.05) is 12.2 Å². The minimum atomic E-state index is -0.912. The van der Waals surface area contributed by atoms with Gasteiger partial charge in [-0.3, -0.25) is 0 Å². The molecule has 1 N–H and O–H groups in total. The number of aliphatic hydroxyl groups is 1. The lowest BCUT2D eigenvalue weighted by Gasteiger charge is -2.35. The second kappa shape index (κ2) is 5.93. The second-order valence-corrected chi connectivity index (χ2v) is 5.10. The van der Waals surface area contributed by atoms with Crippen LogP contribution in [0.4, 0.5) is 0 Å². The molecule has 3 heteroatoms. The second-order valence-electron chi connectivity index (χ2n) is 5.10. The molecular weight excluding hydrogens is 238 g/mol. The van der Waals surface area contributed by atoms with E-state index >= 15 is 0 Å². The minimum Gasteiger partial charge on any atom is -0.497 e. The van der Waals surface area contributed by atoms with Gasteiger partial charge < -0.3 is 9.84 Å². The average Bonchev–Trinajstić information content (AvgIpc) is 2.66. The molecule has 19 heavy (non-hydrogen) atoms. The van der Waals surface area contributed by atoms with Gasteiger partial charge in [-0.1, -0.05) is 19.3 Å². The summed E-state index contributed by atoms with van der Waals surface area (Å²) in [6.45, 7) is 0. The zero-order chi connectivity index (χ0) is 13.7. The molecule has 0 saturated heterocycles. The number of methoxy groups -OCH3 is 1. The molecule has 1 atom stereocenters. The summed E-state index contributed by atoms with van der Waals surface area (Å²) in [5, 5.41) is 20.2. The highest BCUT2D eigenvalue weighted by atomic mass is 16.5. The van der Waals surface area contributed by atoms with Crippen LogP contribution in [0.3, 0.4) is 0 Å². The third kappa shape index (κ3) is 2.98. The van der Waals surface area contributed by atoms with Crippen molar-refractivity contribution in [2.45, 2.75) is 37.7 Å². The van der Waals surface area contributed by atoms with Gasteiger partial charge in [0.15, 0.2) is 0 Å². The van der Waals surface area contributed by atoms with Crippen LogP contribution in [0.15, 0.2) is 41.4 Å². The molecule has 2 aliphatic carbocycles. The van der Waals surface area contributed by atoms with Gasteiger partial charge in [-0.2, -0.15) is 5.26 Å². The van der Waals surface area contributed by atoms with Crippen LogP contribution in [-0.2, 0) is 4.74 Å². The maximum absolute atomic E-state index is 10.7. The third-order valence-electron chi connectivity index (χ3n) is 3.86. The molecule has 0 aromatic rings. The fourth-order valence-electron chi connectivity index (χ4n) is 2.74. The Morgan fingerprint density at radius 2 is 2.11 bits per heavy atom. The summed E-state index contributed by atoms with van der Waals surface area (Å²) < 4.78 is 5.15.